The number of benzene rings is 1. The van der Waals surface area contributed by atoms with Crippen molar-refractivity contribution in [1.82, 2.24) is 19.7 Å². The Morgan fingerprint density at radius 3 is 2.67 bits per heavy atom. The maximum Gasteiger partial charge on any atom is 0.268 e. The molecule has 3 aromatic rings. The second-order valence-electron chi connectivity index (χ2n) is 5.40. The fourth-order valence-corrected chi connectivity index (χ4v) is 2.50. The first kappa shape index (κ1) is 15.7. The van der Waals surface area contributed by atoms with Crippen molar-refractivity contribution in [2.45, 2.75) is 20.4 Å². The molecule has 0 aliphatic carbocycles. The molecule has 3 N–H and O–H groups in total. The van der Waals surface area contributed by atoms with Gasteiger partial charge in [-0.3, -0.25) is 9.78 Å². The van der Waals surface area contributed by atoms with Crippen molar-refractivity contribution in [3.8, 4) is 5.69 Å². The van der Waals surface area contributed by atoms with Crippen molar-refractivity contribution >= 4 is 11.7 Å². The van der Waals surface area contributed by atoms with Gasteiger partial charge in [-0.15, -0.1) is 0 Å². The second kappa shape index (κ2) is 6.49. The van der Waals surface area contributed by atoms with E-state index in [1.165, 1.54) is 6.20 Å². The topological polar surface area (TPSA) is 98.7 Å². The predicted octanol–water partition coefficient (Wildman–Crippen LogP) is 1.99. The molecule has 0 bridgehead atoms. The van der Waals surface area contributed by atoms with E-state index in [1.54, 1.807) is 6.20 Å². The van der Waals surface area contributed by atoms with Gasteiger partial charge in [0, 0.05) is 17.8 Å². The number of anilines is 1. The summed E-state index contributed by atoms with van der Waals surface area (Å²) in [5.74, 6) is -0.104. The molecule has 0 spiro atoms. The minimum Gasteiger partial charge on any atom is -0.365 e. The zero-order valence-electron chi connectivity index (χ0n) is 13.5. The average Bonchev–Trinajstić information content (AvgIpc) is 2.88. The Morgan fingerprint density at radius 2 is 1.96 bits per heavy atom. The summed E-state index contributed by atoms with van der Waals surface area (Å²) in [6.45, 7) is 4.52. The molecule has 0 saturated carbocycles. The van der Waals surface area contributed by atoms with Gasteiger partial charge in [-0.1, -0.05) is 18.2 Å². The number of aryl methyl sites for hydroxylation is 1. The molecule has 0 aliphatic heterocycles. The normalized spacial score (nSPS) is 10.6. The van der Waals surface area contributed by atoms with Crippen LogP contribution in [0.3, 0.4) is 0 Å². The summed E-state index contributed by atoms with van der Waals surface area (Å²) in [5, 5.41) is 7.77. The highest BCUT2D eigenvalue weighted by atomic mass is 16.1. The van der Waals surface area contributed by atoms with Crippen molar-refractivity contribution in [1.29, 1.82) is 0 Å². The summed E-state index contributed by atoms with van der Waals surface area (Å²) in [5.41, 5.74) is 9.42. The van der Waals surface area contributed by atoms with Crippen LogP contribution in [-0.2, 0) is 6.54 Å². The molecule has 0 radical (unpaired) electrons. The third kappa shape index (κ3) is 3.10. The molecule has 0 saturated heterocycles. The Hall–Kier alpha value is -3.22. The van der Waals surface area contributed by atoms with Crippen molar-refractivity contribution in [3.05, 3.63) is 65.4 Å². The van der Waals surface area contributed by atoms with E-state index in [0.29, 0.717) is 12.4 Å². The molecule has 0 aliphatic rings. The summed E-state index contributed by atoms with van der Waals surface area (Å²) in [6.07, 6.45) is 2.90. The highest BCUT2D eigenvalue weighted by molar-refractivity contribution is 5.90. The van der Waals surface area contributed by atoms with Crippen LogP contribution in [0.4, 0.5) is 5.82 Å². The minimum absolute atomic E-state index is 0.133. The van der Waals surface area contributed by atoms with Gasteiger partial charge in [-0.25, -0.2) is 9.67 Å². The third-order valence-corrected chi connectivity index (χ3v) is 3.78. The van der Waals surface area contributed by atoms with Gasteiger partial charge in [0.25, 0.3) is 5.91 Å². The molecular formula is C17H18N6O. The average molecular weight is 322 g/mol. The summed E-state index contributed by atoms with van der Waals surface area (Å²) < 4.78 is 1.91. The molecule has 2 aromatic heterocycles. The highest BCUT2D eigenvalue weighted by Gasteiger charge is 2.13. The SMILES string of the molecule is Cc1nn(-c2ccccc2)c(C)c1CNc1cncc(C(N)=O)n1. The number of carbonyl (C=O) groups excluding carboxylic acids is 1. The molecule has 1 aromatic carbocycles. The zero-order chi connectivity index (χ0) is 17.1. The lowest BCUT2D eigenvalue weighted by Gasteiger charge is -2.07. The van der Waals surface area contributed by atoms with Gasteiger partial charge in [0.05, 0.1) is 23.8 Å². The van der Waals surface area contributed by atoms with E-state index < -0.39 is 5.91 Å². The molecule has 1 amide bonds. The fourth-order valence-electron chi connectivity index (χ4n) is 2.50. The monoisotopic (exact) mass is 322 g/mol. The summed E-state index contributed by atoms with van der Waals surface area (Å²) >= 11 is 0. The number of carbonyl (C=O) groups is 1. The van der Waals surface area contributed by atoms with Crippen LogP contribution in [0, 0.1) is 13.8 Å². The van der Waals surface area contributed by atoms with Crippen LogP contribution in [-0.4, -0.2) is 25.7 Å². The van der Waals surface area contributed by atoms with Crippen molar-refractivity contribution < 1.29 is 4.79 Å². The maximum atomic E-state index is 11.2. The van der Waals surface area contributed by atoms with Gasteiger partial charge in [0.15, 0.2) is 0 Å². The van der Waals surface area contributed by atoms with Gasteiger partial charge in [-0.2, -0.15) is 5.10 Å². The zero-order valence-corrected chi connectivity index (χ0v) is 13.5. The molecule has 3 rings (SSSR count). The van der Waals surface area contributed by atoms with E-state index in [2.05, 4.69) is 20.4 Å². The number of nitrogens with zero attached hydrogens (tertiary/aromatic N) is 4. The molecule has 0 unspecified atom stereocenters. The number of nitrogens with two attached hydrogens (primary N) is 1. The first-order chi connectivity index (χ1) is 11.6. The van der Waals surface area contributed by atoms with E-state index in [9.17, 15) is 4.79 Å². The van der Waals surface area contributed by atoms with Gasteiger partial charge in [0.1, 0.15) is 11.5 Å². The molecule has 122 valence electrons. The number of rotatable bonds is 5. The van der Waals surface area contributed by atoms with E-state index in [1.807, 2.05) is 48.9 Å². The lowest BCUT2D eigenvalue weighted by Crippen LogP contribution is -2.14. The van der Waals surface area contributed by atoms with E-state index in [4.69, 9.17) is 5.73 Å². The Labute approximate surface area is 139 Å². The van der Waals surface area contributed by atoms with Gasteiger partial charge in [-0.05, 0) is 26.0 Å². The maximum absolute atomic E-state index is 11.2. The molecule has 0 fully saturated rings. The number of para-hydroxylation sites is 1. The smallest absolute Gasteiger partial charge is 0.268 e. The fraction of sp³-hybridized carbons (Fsp3) is 0.176. The lowest BCUT2D eigenvalue weighted by atomic mass is 10.2. The van der Waals surface area contributed by atoms with E-state index >= 15 is 0 Å². The molecule has 2 heterocycles. The van der Waals surface area contributed by atoms with Crippen LogP contribution in [0.2, 0.25) is 0 Å². The first-order valence-corrected chi connectivity index (χ1v) is 7.52. The number of nitrogens with one attached hydrogen (secondary N) is 1. The largest absolute Gasteiger partial charge is 0.365 e. The Balaban J connectivity index is 1.83. The standard InChI is InChI=1S/C17H18N6O/c1-11-14(8-20-16-10-19-9-15(21-16)17(18)24)12(2)23(22-11)13-6-4-3-5-7-13/h3-7,9-10H,8H2,1-2H3,(H2,18,24)(H,20,21). The summed E-state index contributed by atoms with van der Waals surface area (Å²) in [4.78, 5) is 19.3. The van der Waals surface area contributed by atoms with Gasteiger partial charge < -0.3 is 11.1 Å². The number of aromatic nitrogens is 4. The first-order valence-electron chi connectivity index (χ1n) is 7.52. The third-order valence-electron chi connectivity index (χ3n) is 3.78. The van der Waals surface area contributed by atoms with Crippen LogP contribution < -0.4 is 11.1 Å². The van der Waals surface area contributed by atoms with Crippen LogP contribution in [0.5, 0.6) is 0 Å². The highest BCUT2D eigenvalue weighted by Crippen LogP contribution is 2.18. The van der Waals surface area contributed by atoms with Gasteiger partial charge in [0.2, 0.25) is 0 Å². The second-order valence-corrected chi connectivity index (χ2v) is 5.40. The van der Waals surface area contributed by atoms with Crippen LogP contribution in [0.15, 0.2) is 42.7 Å². The van der Waals surface area contributed by atoms with Crippen molar-refractivity contribution in [2.75, 3.05) is 5.32 Å². The molecular weight excluding hydrogens is 304 g/mol. The number of hydrogen-bond donors (Lipinski definition) is 2. The Morgan fingerprint density at radius 1 is 1.21 bits per heavy atom. The molecule has 0 atom stereocenters. The number of hydrogen-bond acceptors (Lipinski definition) is 5. The Bertz CT molecular complexity index is 872. The summed E-state index contributed by atoms with van der Waals surface area (Å²) in [6, 6.07) is 9.96. The molecule has 7 heteroatoms. The van der Waals surface area contributed by atoms with Crippen LogP contribution in [0.25, 0.3) is 5.69 Å². The Kier molecular flexibility index (Phi) is 4.24. The lowest BCUT2D eigenvalue weighted by molar-refractivity contribution is 0.0995. The summed E-state index contributed by atoms with van der Waals surface area (Å²) in [7, 11) is 0. The van der Waals surface area contributed by atoms with Gasteiger partial charge >= 0.3 is 0 Å². The molecule has 7 nitrogen and oxygen atoms in total. The quantitative estimate of drug-likeness (QED) is 0.748. The van der Waals surface area contributed by atoms with Crippen molar-refractivity contribution in [2.24, 2.45) is 5.73 Å². The minimum atomic E-state index is -0.601. The predicted molar refractivity (Wildman–Crippen MR) is 90.9 cm³/mol. The number of amides is 1. The van der Waals surface area contributed by atoms with E-state index in [0.717, 1.165) is 22.6 Å². The molecule has 24 heavy (non-hydrogen) atoms. The number of primary amides is 1. The van der Waals surface area contributed by atoms with Crippen molar-refractivity contribution in [3.63, 3.8) is 0 Å². The van der Waals surface area contributed by atoms with E-state index in [-0.39, 0.29) is 5.69 Å². The van der Waals surface area contributed by atoms with Crippen LogP contribution >= 0.6 is 0 Å². The van der Waals surface area contributed by atoms with Crippen LogP contribution in [0.1, 0.15) is 27.4 Å².